The van der Waals surface area contributed by atoms with Crippen LogP contribution in [0.1, 0.15) is 53.4 Å². The summed E-state index contributed by atoms with van der Waals surface area (Å²) in [6.07, 6.45) is 5.64. The van der Waals surface area contributed by atoms with Gasteiger partial charge in [-0.1, -0.05) is 52.3 Å². The number of thioether (sulfide) groups is 1. The molecule has 1 heterocycles. The molecule has 0 aromatic carbocycles. The molecule has 0 saturated heterocycles. The van der Waals surface area contributed by atoms with Crippen LogP contribution in [0.3, 0.4) is 0 Å². The Morgan fingerprint density at radius 2 is 1.79 bits per heavy atom. The molecule has 1 spiro atoms. The fourth-order valence-corrected chi connectivity index (χ4v) is 4.70. The van der Waals surface area contributed by atoms with Gasteiger partial charge in [0, 0.05) is 18.8 Å². The molecule has 1 aliphatic heterocycles. The molecule has 0 radical (unpaired) electrons. The van der Waals surface area contributed by atoms with E-state index in [1.54, 1.807) is 0 Å². The Kier molecular flexibility index (Phi) is 5.22. The highest BCUT2D eigenvalue weighted by molar-refractivity contribution is 8.13. The van der Waals surface area contributed by atoms with E-state index in [0.29, 0.717) is 5.41 Å². The van der Waals surface area contributed by atoms with Gasteiger partial charge in [0.05, 0.1) is 0 Å². The maximum atomic E-state index is 4.82. The molecule has 1 fully saturated rings. The van der Waals surface area contributed by atoms with Crippen LogP contribution >= 0.6 is 11.8 Å². The quantitative estimate of drug-likeness (QED) is 0.837. The summed E-state index contributed by atoms with van der Waals surface area (Å²) < 4.78 is 0. The van der Waals surface area contributed by atoms with Crippen LogP contribution in [0.5, 0.6) is 0 Å². The van der Waals surface area contributed by atoms with Crippen molar-refractivity contribution in [3.05, 3.63) is 0 Å². The molecular formula is C16H30N2S. The first-order chi connectivity index (χ1) is 9.02. The SMILES string of the molecule is CC(C)C(CNC1=NCC2(CCCC2)CS1)C(C)C. The Labute approximate surface area is 123 Å². The smallest absolute Gasteiger partial charge is 0.156 e. The molecule has 0 aromatic heterocycles. The zero-order valence-electron chi connectivity index (χ0n) is 13.0. The fraction of sp³-hybridized carbons (Fsp3) is 0.938. The fourth-order valence-electron chi connectivity index (χ4n) is 3.53. The molecule has 110 valence electrons. The van der Waals surface area contributed by atoms with Crippen molar-refractivity contribution < 1.29 is 0 Å². The summed E-state index contributed by atoms with van der Waals surface area (Å²) in [7, 11) is 0. The molecule has 0 unspecified atom stereocenters. The Balaban J connectivity index is 1.82. The van der Waals surface area contributed by atoms with Gasteiger partial charge in [-0.25, -0.2) is 0 Å². The summed E-state index contributed by atoms with van der Waals surface area (Å²) in [6, 6.07) is 0. The first kappa shape index (κ1) is 15.2. The first-order valence-electron chi connectivity index (χ1n) is 7.93. The lowest BCUT2D eigenvalue weighted by atomic mass is 9.85. The summed E-state index contributed by atoms with van der Waals surface area (Å²) in [4.78, 5) is 4.82. The second-order valence-electron chi connectivity index (χ2n) is 7.15. The van der Waals surface area contributed by atoms with Crippen LogP contribution in [-0.4, -0.2) is 24.0 Å². The Bertz CT molecular complexity index is 309. The third-order valence-electron chi connectivity index (χ3n) is 4.94. The predicted octanol–water partition coefficient (Wildman–Crippen LogP) is 4.17. The lowest BCUT2D eigenvalue weighted by molar-refractivity contribution is 0.288. The van der Waals surface area contributed by atoms with Crippen LogP contribution < -0.4 is 5.32 Å². The van der Waals surface area contributed by atoms with Crippen LogP contribution in [0.15, 0.2) is 4.99 Å². The topological polar surface area (TPSA) is 24.4 Å². The van der Waals surface area contributed by atoms with Crippen molar-refractivity contribution in [2.24, 2.45) is 28.2 Å². The minimum absolute atomic E-state index is 0.561. The number of hydrogen-bond acceptors (Lipinski definition) is 3. The van der Waals surface area contributed by atoms with E-state index in [1.807, 2.05) is 11.8 Å². The van der Waals surface area contributed by atoms with E-state index >= 15 is 0 Å². The van der Waals surface area contributed by atoms with Crippen molar-refractivity contribution in [1.29, 1.82) is 0 Å². The summed E-state index contributed by atoms with van der Waals surface area (Å²) in [5.74, 6) is 3.50. The van der Waals surface area contributed by atoms with Gasteiger partial charge in [0.25, 0.3) is 0 Å². The average molecular weight is 282 g/mol. The number of aliphatic imine (C=N–C) groups is 1. The van der Waals surface area contributed by atoms with Crippen LogP contribution in [0, 0.1) is 23.2 Å². The average Bonchev–Trinajstić information content (AvgIpc) is 2.80. The molecule has 2 rings (SSSR count). The Hall–Kier alpha value is -0.180. The van der Waals surface area contributed by atoms with Gasteiger partial charge < -0.3 is 5.32 Å². The number of hydrogen-bond donors (Lipinski definition) is 1. The van der Waals surface area contributed by atoms with Gasteiger partial charge in [0.1, 0.15) is 0 Å². The van der Waals surface area contributed by atoms with Gasteiger partial charge in [0.15, 0.2) is 5.17 Å². The highest BCUT2D eigenvalue weighted by atomic mass is 32.2. The van der Waals surface area contributed by atoms with Crippen molar-refractivity contribution in [2.75, 3.05) is 18.8 Å². The molecule has 1 N–H and O–H groups in total. The Morgan fingerprint density at radius 3 is 2.26 bits per heavy atom. The zero-order chi connectivity index (χ0) is 13.9. The number of nitrogens with zero attached hydrogens (tertiary/aromatic N) is 1. The lowest BCUT2D eigenvalue weighted by Crippen LogP contribution is -2.37. The highest BCUT2D eigenvalue weighted by Crippen LogP contribution is 2.43. The van der Waals surface area contributed by atoms with Crippen molar-refractivity contribution in [3.8, 4) is 0 Å². The van der Waals surface area contributed by atoms with Crippen molar-refractivity contribution in [1.82, 2.24) is 5.32 Å². The monoisotopic (exact) mass is 282 g/mol. The molecule has 19 heavy (non-hydrogen) atoms. The van der Waals surface area contributed by atoms with Gasteiger partial charge >= 0.3 is 0 Å². The molecule has 0 bridgehead atoms. The zero-order valence-corrected chi connectivity index (χ0v) is 13.9. The standard InChI is InChI=1S/C16H30N2S/c1-12(2)14(13(3)4)9-17-15-18-10-16(11-19-15)7-5-6-8-16/h12-14H,5-11H2,1-4H3,(H,17,18). The van der Waals surface area contributed by atoms with Crippen LogP contribution in [0.2, 0.25) is 0 Å². The molecule has 0 aromatic rings. The number of rotatable bonds is 4. The highest BCUT2D eigenvalue weighted by Gasteiger charge is 2.36. The molecule has 2 nitrogen and oxygen atoms in total. The third-order valence-corrected chi connectivity index (χ3v) is 6.24. The Morgan fingerprint density at radius 1 is 1.16 bits per heavy atom. The van der Waals surface area contributed by atoms with Gasteiger partial charge in [-0.05, 0) is 36.0 Å². The molecule has 2 aliphatic rings. The van der Waals surface area contributed by atoms with Crippen molar-refractivity contribution in [3.63, 3.8) is 0 Å². The van der Waals surface area contributed by atoms with Crippen molar-refractivity contribution >= 4 is 16.9 Å². The summed E-state index contributed by atoms with van der Waals surface area (Å²) in [5.41, 5.74) is 0.561. The van der Waals surface area contributed by atoms with E-state index in [-0.39, 0.29) is 0 Å². The first-order valence-corrected chi connectivity index (χ1v) is 8.92. The van der Waals surface area contributed by atoms with Crippen LogP contribution in [-0.2, 0) is 0 Å². The number of nitrogens with one attached hydrogen (secondary N) is 1. The molecule has 0 atom stereocenters. The van der Waals surface area contributed by atoms with Crippen LogP contribution in [0.25, 0.3) is 0 Å². The molecule has 1 aliphatic carbocycles. The number of amidine groups is 1. The van der Waals surface area contributed by atoms with E-state index in [1.165, 1.54) is 36.6 Å². The summed E-state index contributed by atoms with van der Waals surface area (Å²) in [5, 5.41) is 4.80. The minimum Gasteiger partial charge on any atom is -0.365 e. The van der Waals surface area contributed by atoms with E-state index in [2.05, 4.69) is 33.0 Å². The minimum atomic E-state index is 0.561. The second kappa shape index (κ2) is 6.51. The van der Waals surface area contributed by atoms with E-state index in [0.717, 1.165) is 30.8 Å². The summed E-state index contributed by atoms with van der Waals surface area (Å²) in [6.45, 7) is 11.5. The van der Waals surface area contributed by atoms with Crippen LogP contribution in [0.4, 0.5) is 0 Å². The molecule has 0 amide bonds. The van der Waals surface area contributed by atoms with Gasteiger partial charge in [-0.2, -0.15) is 0 Å². The van der Waals surface area contributed by atoms with E-state index in [4.69, 9.17) is 4.99 Å². The second-order valence-corrected chi connectivity index (χ2v) is 8.11. The third kappa shape index (κ3) is 3.90. The largest absolute Gasteiger partial charge is 0.365 e. The normalized spacial score (nSPS) is 22.6. The maximum absolute atomic E-state index is 4.82. The van der Waals surface area contributed by atoms with E-state index in [9.17, 15) is 0 Å². The summed E-state index contributed by atoms with van der Waals surface area (Å²) >= 11 is 1.96. The van der Waals surface area contributed by atoms with Gasteiger partial charge in [-0.3, -0.25) is 4.99 Å². The molecule has 3 heteroatoms. The predicted molar refractivity (Wildman–Crippen MR) is 86.8 cm³/mol. The van der Waals surface area contributed by atoms with E-state index < -0.39 is 0 Å². The van der Waals surface area contributed by atoms with Gasteiger partial charge in [0.2, 0.25) is 0 Å². The van der Waals surface area contributed by atoms with Gasteiger partial charge in [-0.15, -0.1) is 0 Å². The van der Waals surface area contributed by atoms with Crippen molar-refractivity contribution in [2.45, 2.75) is 53.4 Å². The molecule has 1 saturated carbocycles. The maximum Gasteiger partial charge on any atom is 0.156 e. The lowest BCUT2D eigenvalue weighted by Gasteiger charge is -2.32. The molecular weight excluding hydrogens is 252 g/mol.